The molecule has 0 saturated carbocycles. The SMILES string of the molecule is CC[C@H](C)[C@@H]([C@@H](CC(=O)N1CCC[C@H]1[C@H](OC)[C@@H](C)C(=O)NCCN1CCNCC1)OC)N(C)C(=O)[C@H](c1ccccc1C(N)=O)C(C)C. The molecule has 0 aliphatic carbocycles. The molecule has 0 spiro atoms. The normalized spacial score (nSPS) is 20.7. The van der Waals surface area contributed by atoms with Crippen molar-refractivity contribution in [2.45, 2.75) is 90.5 Å². The van der Waals surface area contributed by atoms with Crippen molar-refractivity contribution >= 4 is 23.6 Å². The number of likely N-dealkylation sites (tertiary alicyclic amines) is 1. The number of primary amides is 1. The fourth-order valence-electron chi connectivity index (χ4n) is 7.73. The van der Waals surface area contributed by atoms with Gasteiger partial charge in [-0.25, -0.2) is 0 Å². The molecule has 7 atom stereocenters. The average Bonchev–Trinajstić information content (AvgIpc) is 3.58. The number of nitrogens with one attached hydrogen (secondary N) is 2. The standard InChI is InChI=1S/C37H62N6O6/c1-9-25(4)33(41(6)37(47)32(24(2)3)27-13-10-11-14-28(27)35(38)45)30(48-7)23-31(44)43-19-12-15-29(43)34(49-8)26(5)36(46)40-18-22-42-20-16-39-17-21-42/h10-11,13-14,24-26,29-30,32-34,39H,9,12,15-23H2,1-8H3,(H2,38,45)(H,40,46)/t25-,26+,29-,30+,32-,33-,34+/m0/s1. The third-order valence-electron chi connectivity index (χ3n) is 10.7. The number of methoxy groups -OCH3 is 2. The number of likely N-dealkylation sites (N-methyl/N-ethyl adjacent to an activating group) is 1. The molecule has 276 valence electrons. The molecule has 2 aliphatic heterocycles. The maximum absolute atomic E-state index is 14.3. The zero-order valence-corrected chi connectivity index (χ0v) is 31.1. The minimum absolute atomic E-state index is 0.0110. The van der Waals surface area contributed by atoms with Gasteiger partial charge in [0.1, 0.15) is 0 Å². The Kier molecular flexibility index (Phi) is 16.0. The summed E-state index contributed by atoms with van der Waals surface area (Å²) in [5.41, 5.74) is 6.64. The number of benzene rings is 1. The van der Waals surface area contributed by atoms with Crippen molar-refractivity contribution < 1.29 is 28.7 Å². The van der Waals surface area contributed by atoms with Crippen LogP contribution in [0, 0.1) is 17.8 Å². The lowest BCUT2D eigenvalue weighted by Gasteiger charge is -2.41. The van der Waals surface area contributed by atoms with E-state index < -0.39 is 36.0 Å². The van der Waals surface area contributed by atoms with Gasteiger partial charge >= 0.3 is 0 Å². The van der Waals surface area contributed by atoms with Crippen molar-refractivity contribution in [1.82, 2.24) is 25.3 Å². The first-order valence-corrected chi connectivity index (χ1v) is 18.1. The summed E-state index contributed by atoms with van der Waals surface area (Å²) in [5.74, 6) is -2.06. The zero-order valence-electron chi connectivity index (χ0n) is 31.1. The van der Waals surface area contributed by atoms with Crippen LogP contribution in [0.2, 0.25) is 0 Å². The molecule has 1 aromatic rings. The Morgan fingerprint density at radius 3 is 2.31 bits per heavy atom. The molecule has 3 rings (SSSR count). The van der Waals surface area contributed by atoms with E-state index in [0.717, 1.165) is 52.0 Å². The maximum Gasteiger partial charge on any atom is 0.249 e. The number of carbonyl (C=O) groups is 4. The van der Waals surface area contributed by atoms with Gasteiger partial charge in [0.05, 0.1) is 42.5 Å². The van der Waals surface area contributed by atoms with Crippen molar-refractivity contribution in [2.75, 3.05) is 67.1 Å². The smallest absolute Gasteiger partial charge is 0.249 e. The van der Waals surface area contributed by atoms with Crippen LogP contribution in [0.15, 0.2) is 24.3 Å². The highest BCUT2D eigenvalue weighted by Gasteiger charge is 2.43. The number of hydrogen-bond acceptors (Lipinski definition) is 8. The molecule has 2 heterocycles. The number of nitrogens with two attached hydrogens (primary N) is 1. The van der Waals surface area contributed by atoms with Gasteiger partial charge in [0, 0.05) is 72.6 Å². The molecule has 12 nitrogen and oxygen atoms in total. The number of piperazine rings is 1. The Morgan fingerprint density at radius 2 is 1.71 bits per heavy atom. The van der Waals surface area contributed by atoms with Crippen LogP contribution >= 0.6 is 0 Å². The zero-order chi connectivity index (χ0) is 36.2. The number of carbonyl (C=O) groups excluding carboxylic acids is 4. The highest BCUT2D eigenvalue weighted by Crippen LogP contribution is 2.33. The monoisotopic (exact) mass is 686 g/mol. The fraction of sp³-hybridized carbons (Fsp3) is 0.730. The summed E-state index contributed by atoms with van der Waals surface area (Å²) >= 11 is 0. The molecular formula is C37H62N6O6. The van der Waals surface area contributed by atoms with E-state index >= 15 is 0 Å². The van der Waals surface area contributed by atoms with E-state index in [1.807, 2.05) is 31.7 Å². The Morgan fingerprint density at radius 1 is 1.04 bits per heavy atom. The highest BCUT2D eigenvalue weighted by molar-refractivity contribution is 5.97. The Balaban J connectivity index is 1.76. The molecule has 2 fully saturated rings. The number of rotatable bonds is 18. The van der Waals surface area contributed by atoms with Crippen LogP contribution in [-0.4, -0.2) is 130 Å². The molecule has 0 aromatic heterocycles. The Bertz CT molecular complexity index is 1240. The molecule has 0 bridgehead atoms. The van der Waals surface area contributed by atoms with E-state index in [1.165, 1.54) is 0 Å². The van der Waals surface area contributed by atoms with Gasteiger partial charge in [-0.3, -0.25) is 24.1 Å². The Hall–Kier alpha value is -3.06. The van der Waals surface area contributed by atoms with Gasteiger partial charge in [0.25, 0.3) is 0 Å². The summed E-state index contributed by atoms with van der Waals surface area (Å²) in [6, 6.07) is 6.34. The molecule has 2 saturated heterocycles. The van der Waals surface area contributed by atoms with E-state index in [-0.39, 0.29) is 42.0 Å². The maximum atomic E-state index is 14.3. The lowest BCUT2D eigenvalue weighted by Crippen LogP contribution is -2.54. The third-order valence-corrected chi connectivity index (χ3v) is 10.7. The summed E-state index contributed by atoms with van der Waals surface area (Å²) in [5, 5.41) is 6.42. The molecule has 1 aromatic carbocycles. The summed E-state index contributed by atoms with van der Waals surface area (Å²) in [6.45, 7) is 15.7. The lowest BCUT2D eigenvalue weighted by molar-refractivity contribution is -0.146. The molecular weight excluding hydrogens is 624 g/mol. The first-order valence-electron chi connectivity index (χ1n) is 18.1. The van der Waals surface area contributed by atoms with Crippen LogP contribution in [0.3, 0.4) is 0 Å². The summed E-state index contributed by atoms with van der Waals surface area (Å²) in [4.78, 5) is 59.9. The van der Waals surface area contributed by atoms with Crippen LogP contribution in [0.5, 0.6) is 0 Å². The Labute approximate surface area is 293 Å². The topological polar surface area (TPSA) is 147 Å². The van der Waals surface area contributed by atoms with Crippen molar-refractivity contribution in [1.29, 1.82) is 0 Å². The second-order valence-electron chi connectivity index (χ2n) is 14.1. The van der Waals surface area contributed by atoms with E-state index in [0.29, 0.717) is 24.2 Å². The van der Waals surface area contributed by atoms with Crippen molar-refractivity contribution in [3.63, 3.8) is 0 Å². The second kappa shape index (κ2) is 19.4. The van der Waals surface area contributed by atoms with Gasteiger partial charge < -0.3 is 35.6 Å². The van der Waals surface area contributed by atoms with Crippen molar-refractivity contribution in [3.05, 3.63) is 35.4 Å². The van der Waals surface area contributed by atoms with E-state index in [9.17, 15) is 19.2 Å². The average molecular weight is 687 g/mol. The van der Waals surface area contributed by atoms with Gasteiger partial charge in [-0.05, 0) is 36.3 Å². The van der Waals surface area contributed by atoms with Gasteiger partial charge in [-0.2, -0.15) is 0 Å². The fourth-order valence-corrected chi connectivity index (χ4v) is 7.73. The van der Waals surface area contributed by atoms with Gasteiger partial charge in [0.15, 0.2) is 0 Å². The van der Waals surface area contributed by atoms with Crippen LogP contribution < -0.4 is 16.4 Å². The van der Waals surface area contributed by atoms with Crippen molar-refractivity contribution in [2.24, 2.45) is 23.5 Å². The predicted molar refractivity (Wildman–Crippen MR) is 191 cm³/mol. The molecule has 4 N–H and O–H groups in total. The van der Waals surface area contributed by atoms with Gasteiger partial charge in [-0.1, -0.05) is 59.2 Å². The molecule has 12 heteroatoms. The summed E-state index contributed by atoms with van der Waals surface area (Å²) in [7, 11) is 4.95. The van der Waals surface area contributed by atoms with E-state index in [4.69, 9.17) is 15.2 Å². The predicted octanol–water partition coefficient (Wildman–Crippen LogP) is 2.47. The van der Waals surface area contributed by atoms with E-state index in [1.54, 1.807) is 44.4 Å². The van der Waals surface area contributed by atoms with Crippen LogP contribution in [0.25, 0.3) is 0 Å². The van der Waals surface area contributed by atoms with Gasteiger partial charge in [0.2, 0.25) is 23.6 Å². The van der Waals surface area contributed by atoms with Crippen LogP contribution in [0.1, 0.15) is 82.1 Å². The highest BCUT2D eigenvalue weighted by atomic mass is 16.5. The largest absolute Gasteiger partial charge is 0.379 e. The van der Waals surface area contributed by atoms with Crippen LogP contribution in [0.4, 0.5) is 0 Å². The van der Waals surface area contributed by atoms with E-state index in [2.05, 4.69) is 29.4 Å². The molecule has 0 radical (unpaired) electrons. The number of hydrogen-bond donors (Lipinski definition) is 3. The minimum Gasteiger partial charge on any atom is -0.379 e. The minimum atomic E-state index is -0.608. The number of amides is 4. The molecule has 0 unspecified atom stereocenters. The van der Waals surface area contributed by atoms with Gasteiger partial charge in [-0.15, -0.1) is 0 Å². The van der Waals surface area contributed by atoms with Crippen LogP contribution in [-0.2, 0) is 23.9 Å². The summed E-state index contributed by atoms with van der Waals surface area (Å²) in [6.07, 6.45) is 1.35. The van der Waals surface area contributed by atoms with Crippen molar-refractivity contribution in [3.8, 4) is 0 Å². The first kappa shape index (κ1) is 40.4. The lowest BCUT2D eigenvalue weighted by atomic mass is 9.82. The molecule has 2 aliphatic rings. The number of ether oxygens (including phenoxy) is 2. The second-order valence-corrected chi connectivity index (χ2v) is 14.1. The third kappa shape index (κ3) is 10.2. The summed E-state index contributed by atoms with van der Waals surface area (Å²) < 4.78 is 12.0. The first-order chi connectivity index (χ1) is 23.4. The quantitative estimate of drug-likeness (QED) is 0.214. The molecule has 4 amide bonds. The molecule has 49 heavy (non-hydrogen) atoms. The number of nitrogens with zero attached hydrogens (tertiary/aromatic N) is 3.